The lowest BCUT2D eigenvalue weighted by Crippen LogP contribution is -2.25. The Morgan fingerprint density at radius 2 is 1.31 bits per heavy atom. The minimum Gasteiger partial charge on any atom is -0.379 e. The summed E-state index contributed by atoms with van der Waals surface area (Å²) >= 11 is 2.89. The molecule has 0 heterocycles. The molecular weight excluding hydrogens is 240 g/mol. The van der Waals surface area contributed by atoms with Crippen molar-refractivity contribution in [3.8, 4) is 0 Å². The first-order chi connectivity index (χ1) is 7.58. The number of nitrogens with two attached hydrogens (primary N) is 2. The van der Waals surface area contributed by atoms with Crippen molar-refractivity contribution in [1.29, 1.82) is 10.8 Å². The predicted octanol–water partition coefficient (Wildman–Crippen LogP) is 2.05. The Bertz CT molecular complexity index is 227. The van der Waals surface area contributed by atoms with E-state index >= 15 is 0 Å². The Kier molecular flexibility index (Phi) is 6.05. The lowest BCUT2D eigenvalue weighted by atomic mass is 9.72. The van der Waals surface area contributed by atoms with Gasteiger partial charge in [-0.25, -0.2) is 0 Å². The molecule has 0 atom stereocenters. The summed E-state index contributed by atoms with van der Waals surface area (Å²) in [5, 5.41) is 14.6. The van der Waals surface area contributed by atoms with Gasteiger partial charge in [0.2, 0.25) is 0 Å². The molecule has 0 unspecified atom stereocenters. The van der Waals surface area contributed by atoms with Gasteiger partial charge in [-0.05, 0) is 37.5 Å². The molecule has 1 fully saturated rings. The fraction of sp³-hybridized carbons (Fsp3) is 0.800. The average molecular weight is 260 g/mol. The van der Waals surface area contributed by atoms with Gasteiger partial charge in [0.15, 0.2) is 10.3 Å². The molecule has 0 amide bonds. The summed E-state index contributed by atoms with van der Waals surface area (Å²) in [6, 6.07) is 0. The van der Waals surface area contributed by atoms with Crippen molar-refractivity contribution >= 4 is 33.9 Å². The maximum absolute atomic E-state index is 7.09. The Morgan fingerprint density at radius 1 is 0.938 bits per heavy atom. The van der Waals surface area contributed by atoms with Crippen LogP contribution in [0, 0.1) is 22.7 Å². The summed E-state index contributed by atoms with van der Waals surface area (Å²) in [6.45, 7) is 0. The second kappa shape index (κ2) is 7.06. The van der Waals surface area contributed by atoms with E-state index in [0.29, 0.717) is 0 Å². The maximum Gasteiger partial charge on any atom is 0.151 e. The van der Waals surface area contributed by atoms with Crippen LogP contribution >= 0.6 is 23.5 Å². The largest absolute Gasteiger partial charge is 0.379 e. The third-order valence-electron chi connectivity index (χ3n) is 2.90. The first-order valence-electron chi connectivity index (χ1n) is 5.51. The van der Waals surface area contributed by atoms with Crippen LogP contribution in [0.2, 0.25) is 0 Å². The van der Waals surface area contributed by atoms with E-state index in [2.05, 4.69) is 0 Å². The third kappa shape index (κ3) is 5.65. The van der Waals surface area contributed by atoms with Crippen LogP contribution in [0.25, 0.3) is 0 Å². The van der Waals surface area contributed by atoms with Crippen molar-refractivity contribution < 1.29 is 0 Å². The summed E-state index contributed by atoms with van der Waals surface area (Å²) in [7, 11) is 0. The zero-order valence-corrected chi connectivity index (χ0v) is 11.0. The van der Waals surface area contributed by atoms with Crippen LogP contribution in [-0.4, -0.2) is 21.8 Å². The fourth-order valence-electron chi connectivity index (χ4n) is 2.02. The van der Waals surface area contributed by atoms with Gasteiger partial charge in [0.25, 0.3) is 0 Å². The first-order valence-corrected chi connectivity index (χ1v) is 7.48. The van der Waals surface area contributed by atoms with Gasteiger partial charge in [-0.3, -0.25) is 10.8 Å². The lowest BCUT2D eigenvalue weighted by molar-refractivity contribution is 0.185. The van der Waals surface area contributed by atoms with E-state index in [9.17, 15) is 0 Å². The Hall–Kier alpha value is -0.360. The van der Waals surface area contributed by atoms with Crippen LogP contribution in [0.3, 0.4) is 0 Å². The van der Waals surface area contributed by atoms with Crippen LogP contribution in [0.15, 0.2) is 0 Å². The van der Waals surface area contributed by atoms with Crippen molar-refractivity contribution in [3.05, 3.63) is 0 Å². The molecule has 1 aliphatic rings. The Morgan fingerprint density at radius 3 is 1.62 bits per heavy atom. The molecule has 0 aromatic heterocycles. The topological polar surface area (TPSA) is 99.7 Å². The number of hydrogen-bond donors (Lipinski definition) is 4. The highest BCUT2D eigenvalue weighted by Gasteiger charge is 2.28. The number of amidine groups is 2. The molecule has 0 aliphatic heterocycles. The zero-order valence-electron chi connectivity index (χ0n) is 9.37. The second-order valence-corrected chi connectivity index (χ2v) is 6.48. The van der Waals surface area contributed by atoms with E-state index in [4.69, 9.17) is 22.3 Å². The molecule has 4 nitrogen and oxygen atoms in total. The highest BCUT2D eigenvalue weighted by atomic mass is 32.2. The number of hydrogen-bond acceptors (Lipinski definition) is 4. The monoisotopic (exact) mass is 260 g/mol. The molecular formula is C10H20N4S2. The lowest BCUT2D eigenvalue weighted by Gasteiger charge is -2.35. The molecule has 0 spiro atoms. The van der Waals surface area contributed by atoms with Crippen molar-refractivity contribution in [3.63, 3.8) is 0 Å². The molecule has 1 saturated carbocycles. The molecule has 0 radical (unpaired) electrons. The van der Waals surface area contributed by atoms with E-state index in [-0.39, 0.29) is 10.3 Å². The molecule has 6 N–H and O–H groups in total. The third-order valence-corrected chi connectivity index (χ3v) is 4.40. The number of rotatable bonds is 6. The molecule has 1 rings (SSSR count). The SMILES string of the molecule is N=C(N)SCCC1CC(CCSC(=N)N)C1. The van der Waals surface area contributed by atoms with Crippen LogP contribution in [0.4, 0.5) is 0 Å². The van der Waals surface area contributed by atoms with Crippen molar-refractivity contribution in [1.82, 2.24) is 0 Å². The van der Waals surface area contributed by atoms with Gasteiger partial charge < -0.3 is 11.5 Å². The van der Waals surface area contributed by atoms with Gasteiger partial charge in [-0.1, -0.05) is 23.5 Å². The van der Waals surface area contributed by atoms with Crippen LogP contribution in [-0.2, 0) is 0 Å². The van der Waals surface area contributed by atoms with Gasteiger partial charge in [0, 0.05) is 11.5 Å². The van der Waals surface area contributed by atoms with E-state index in [1.165, 1.54) is 49.2 Å². The van der Waals surface area contributed by atoms with Gasteiger partial charge in [0.1, 0.15) is 0 Å². The molecule has 0 saturated heterocycles. The Balaban J connectivity index is 1.92. The Labute approximate surface area is 105 Å². The highest BCUT2D eigenvalue weighted by Crippen LogP contribution is 2.39. The van der Waals surface area contributed by atoms with Crippen molar-refractivity contribution in [2.45, 2.75) is 25.7 Å². The predicted molar refractivity (Wildman–Crippen MR) is 74.2 cm³/mol. The van der Waals surface area contributed by atoms with Crippen molar-refractivity contribution in [2.24, 2.45) is 23.3 Å². The van der Waals surface area contributed by atoms with E-state index in [1.807, 2.05) is 0 Å². The smallest absolute Gasteiger partial charge is 0.151 e. The van der Waals surface area contributed by atoms with E-state index < -0.39 is 0 Å². The van der Waals surface area contributed by atoms with Gasteiger partial charge in [0.05, 0.1) is 0 Å². The number of thioether (sulfide) groups is 2. The zero-order chi connectivity index (χ0) is 12.0. The van der Waals surface area contributed by atoms with E-state index in [1.54, 1.807) is 0 Å². The first kappa shape index (κ1) is 13.7. The van der Waals surface area contributed by atoms with Crippen LogP contribution in [0.5, 0.6) is 0 Å². The van der Waals surface area contributed by atoms with Crippen LogP contribution < -0.4 is 11.5 Å². The quantitative estimate of drug-likeness (QED) is 0.434. The molecule has 0 aromatic rings. The van der Waals surface area contributed by atoms with E-state index in [0.717, 1.165) is 23.3 Å². The molecule has 6 heteroatoms. The molecule has 0 aromatic carbocycles. The molecule has 92 valence electrons. The average Bonchev–Trinajstić information content (AvgIpc) is 2.11. The summed E-state index contributed by atoms with van der Waals surface area (Å²) in [5.41, 5.74) is 10.5. The van der Waals surface area contributed by atoms with Gasteiger partial charge in [-0.15, -0.1) is 0 Å². The fourth-order valence-corrected chi connectivity index (χ4v) is 3.36. The standard InChI is InChI=1S/C10H20N4S2/c11-9(12)15-3-1-7-5-8(6-7)2-4-16-10(13)14/h7-8H,1-6H2,(H3,11,12)(H3,13,14). The summed E-state index contributed by atoms with van der Waals surface area (Å²) in [4.78, 5) is 0. The minimum absolute atomic E-state index is 0.230. The highest BCUT2D eigenvalue weighted by molar-refractivity contribution is 8.13. The summed E-state index contributed by atoms with van der Waals surface area (Å²) in [5.74, 6) is 3.63. The number of nitrogens with one attached hydrogen (secondary N) is 2. The van der Waals surface area contributed by atoms with Gasteiger partial charge in [-0.2, -0.15) is 0 Å². The molecule has 1 aliphatic carbocycles. The minimum atomic E-state index is 0.230. The van der Waals surface area contributed by atoms with Crippen LogP contribution in [0.1, 0.15) is 25.7 Å². The summed E-state index contributed by atoms with van der Waals surface area (Å²) in [6.07, 6.45) is 4.97. The molecule has 0 bridgehead atoms. The normalized spacial score (nSPS) is 23.8. The second-order valence-electron chi connectivity index (χ2n) is 4.21. The maximum atomic E-state index is 7.09. The van der Waals surface area contributed by atoms with Gasteiger partial charge >= 0.3 is 0 Å². The van der Waals surface area contributed by atoms with Crippen molar-refractivity contribution in [2.75, 3.05) is 11.5 Å². The summed E-state index contributed by atoms with van der Waals surface area (Å²) < 4.78 is 0. The molecule has 16 heavy (non-hydrogen) atoms.